The zero-order valence-electron chi connectivity index (χ0n) is 26.1. The number of esters is 1. The van der Waals surface area contributed by atoms with Crippen molar-refractivity contribution in [1.29, 1.82) is 5.26 Å². The monoisotopic (exact) mass is 642 g/mol. The maximum absolute atomic E-state index is 13.0. The van der Waals surface area contributed by atoms with Gasteiger partial charge >= 0.3 is 11.7 Å². The first-order valence-corrected chi connectivity index (χ1v) is 14.8. The van der Waals surface area contributed by atoms with Crippen LogP contribution in [0.1, 0.15) is 48.7 Å². The quantitative estimate of drug-likeness (QED) is 0.114. The molecule has 244 valence electrons. The molecule has 0 aromatic heterocycles. The van der Waals surface area contributed by atoms with Crippen molar-refractivity contribution in [2.24, 2.45) is 10.8 Å². The van der Waals surface area contributed by atoms with E-state index in [-0.39, 0.29) is 53.2 Å². The van der Waals surface area contributed by atoms with E-state index in [1.807, 2.05) is 50.2 Å². The number of ether oxygens (including phenoxy) is 4. The lowest BCUT2D eigenvalue weighted by Gasteiger charge is -2.31. The topological polar surface area (TPSA) is 183 Å². The fraction of sp³-hybridized carbons (Fsp3) is 0.273. The Bertz CT molecular complexity index is 1720. The number of hydrogen-bond donors (Lipinski definition) is 1. The Morgan fingerprint density at radius 2 is 1.79 bits per heavy atom. The second-order valence-electron chi connectivity index (χ2n) is 9.97. The third-order valence-electron chi connectivity index (χ3n) is 6.90. The Balaban J connectivity index is 1.74. The molecule has 0 fully saturated rings. The van der Waals surface area contributed by atoms with Crippen molar-refractivity contribution >= 4 is 17.6 Å². The van der Waals surface area contributed by atoms with Crippen molar-refractivity contribution in [3.63, 3.8) is 0 Å². The van der Waals surface area contributed by atoms with Crippen LogP contribution in [0.25, 0.3) is 0 Å². The van der Waals surface area contributed by atoms with Gasteiger partial charge in [-0.2, -0.15) is 5.26 Å². The van der Waals surface area contributed by atoms with Gasteiger partial charge < -0.3 is 23.8 Å². The van der Waals surface area contributed by atoms with Crippen LogP contribution >= 0.6 is 0 Å². The number of rotatable bonds is 14. The molecule has 1 aliphatic rings. The molecular weight excluding hydrogens is 608 g/mol. The highest BCUT2D eigenvalue weighted by atomic mass is 16.6. The van der Waals surface area contributed by atoms with E-state index in [9.17, 15) is 25.0 Å². The molecular formula is C33H34N6O8. The van der Waals surface area contributed by atoms with E-state index < -0.39 is 35.2 Å². The lowest BCUT2D eigenvalue weighted by Crippen LogP contribution is -2.49. The fourth-order valence-corrected chi connectivity index (χ4v) is 4.58. The van der Waals surface area contributed by atoms with Crippen LogP contribution < -0.4 is 20.1 Å². The van der Waals surface area contributed by atoms with Crippen LogP contribution in [0.3, 0.4) is 0 Å². The number of carbonyl (C=O) groups excluding carboxylic acids is 2. The van der Waals surface area contributed by atoms with Crippen molar-refractivity contribution in [2.75, 3.05) is 19.7 Å². The number of hydrogen-bond acceptors (Lipinski definition) is 12. The van der Waals surface area contributed by atoms with Gasteiger partial charge in [0.15, 0.2) is 11.5 Å². The first-order valence-electron chi connectivity index (χ1n) is 14.8. The van der Waals surface area contributed by atoms with Gasteiger partial charge in [-0.15, -0.1) is 0 Å². The van der Waals surface area contributed by atoms with Crippen LogP contribution in [0.5, 0.6) is 17.2 Å². The number of nitriles is 1. The average molecular weight is 643 g/mol. The Hall–Kier alpha value is -5.94. The summed E-state index contributed by atoms with van der Waals surface area (Å²) >= 11 is 0. The molecule has 0 bridgehead atoms. The molecule has 0 saturated heterocycles. The van der Waals surface area contributed by atoms with Gasteiger partial charge in [0.05, 0.1) is 29.6 Å². The summed E-state index contributed by atoms with van der Waals surface area (Å²) in [5.41, 5.74) is 0.359. The predicted octanol–water partition coefficient (Wildman–Crippen LogP) is 4.39. The highest BCUT2D eigenvalue weighted by molar-refractivity contribution is 6.08. The molecule has 1 amide bonds. The molecule has 0 saturated carbocycles. The smallest absolute Gasteiger partial charge is 0.352 e. The zero-order chi connectivity index (χ0) is 33.9. The molecule has 3 aromatic rings. The van der Waals surface area contributed by atoms with E-state index in [0.29, 0.717) is 13.1 Å². The standard InChI is InChI=1S/C33H34N6O8/c1-4-37(5-2)31(41)24-13-10-14-25(18-24)46-32-30(39(42)43)26(19-29(40)44-6-3)36-33(38(32)35)47-28-17-23(20-34)15-16-27(28)45-21-22-11-8-7-9-12-22/h7-18,33H,4-6,19,21,35H2,1-3H3. The lowest BCUT2D eigenvalue weighted by molar-refractivity contribution is -0.420. The molecule has 14 nitrogen and oxygen atoms in total. The molecule has 1 aliphatic heterocycles. The van der Waals surface area contributed by atoms with Crippen LogP contribution in [0, 0.1) is 21.4 Å². The molecule has 3 aromatic carbocycles. The van der Waals surface area contributed by atoms with E-state index in [4.69, 9.17) is 24.8 Å². The number of allylic oxidation sites excluding steroid dienone is 1. The number of hydrazine groups is 1. The predicted molar refractivity (Wildman–Crippen MR) is 169 cm³/mol. The van der Waals surface area contributed by atoms with E-state index in [1.54, 1.807) is 24.0 Å². The molecule has 4 rings (SSSR count). The Morgan fingerprint density at radius 1 is 1.04 bits per heavy atom. The molecule has 47 heavy (non-hydrogen) atoms. The van der Waals surface area contributed by atoms with Crippen molar-refractivity contribution in [3.05, 3.63) is 111 Å². The number of nitrogens with zero attached hydrogens (tertiary/aromatic N) is 5. The molecule has 1 unspecified atom stereocenters. The van der Waals surface area contributed by atoms with E-state index in [2.05, 4.69) is 4.99 Å². The minimum atomic E-state index is -1.52. The van der Waals surface area contributed by atoms with Gasteiger partial charge in [0.2, 0.25) is 0 Å². The minimum Gasteiger partial charge on any atom is -0.485 e. The van der Waals surface area contributed by atoms with Crippen LogP contribution in [-0.2, 0) is 16.1 Å². The van der Waals surface area contributed by atoms with Crippen LogP contribution in [0.2, 0.25) is 0 Å². The minimum absolute atomic E-state index is 0.0341. The van der Waals surface area contributed by atoms with Crippen LogP contribution in [0.4, 0.5) is 0 Å². The van der Waals surface area contributed by atoms with Gasteiger partial charge in [0, 0.05) is 24.7 Å². The third kappa shape index (κ3) is 8.41. The summed E-state index contributed by atoms with van der Waals surface area (Å²) < 4.78 is 23.1. The maximum Gasteiger partial charge on any atom is 0.352 e. The maximum atomic E-state index is 13.0. The van der Waals surface area contributed by atoms with Crippen molar-refractivity contribution < 1.29 is 33.5 Å². The number of nitrogens with two attached hydrogens (primary N) is 1. The van der Waals surface area contributed by atoms with Gasteiger partial charge in [0.1, 0.15) is 18.1 Å². The Labute approximate surface area is 271 Å². The Morgan fingerprint density at radius 3 is 2.45 bits per heavy atom. The van der Waals surface area contributed by atoms with Gasteiger partial charge in [-0.25, -0.2) is 15.8 Å². The summed E-state index contributed by atoms with van der Waals surface area (Å²) in [6.45, 7) is 6.44. The summed E-state index contributed by atoms with van der Waals surface area (Å²) in [7, 11) is 0. The average Bonchev–Trinajstić information content (AvgIpc) is 3.07. The van der Waals surface area contributed by atoms with Crippen LogP contribution in [0.15, 0.2) is 89.4 Å². The van der Waals surface area contributed by atoms with Crippen molar-refractivity contribution in [3.8, 4) is 23.3 Å². The highest BCUT2D eigenvalue weighted by Gasteiger charge is 2.41. The summed E-state index contributed by atoms with van der Waals surface area (Å²) in [4.78, 5) is 43.0. The second kappa shape index (κ2) is 15.9. The first-order chi connectivity index (χ1) is 22.7. The lowest BCUT2D eigenvalue weighted by atomic mass is 10.1. The number of amides is 1. The zero-order valence-corrected chi connectivity index (χ0v) is 26.1. The molecule has 0 radical (unpaired) electrons. The molecule has 2 N–H and O–H groups in total. The number of nitro groups is 1. The summed E-state index contributed by atoms with van der Waals surface area (Å²) in [5, 5.41) is 22.7. The van der Waals surface area contributed by atoms with Crippen molar-refractivity contribution in [1.82, 2.24) is 9.91 Å². The molecule has 14 heteroatoms. The highest BCUT2D eigenvalue weighted by Crippen LogP contribution is 2.33. The molecule has 0 spiro atoms. The SMILES string of the molecule is CCOC(=O)CC1=NC(Oc2cc(C#N)ccc2OCc2ccccc2)N(N)C(Oc2cccc(C(=O)N(CC)CC)c2)=C1[N+](=O)[O-]. The second-order valence-corrected chi connectivity index (χ2v) is 9.97. The molecule has 1 atom stereocenters. The molecule has 1 heterocycles. The van der Waals surface area contributed by atoms with Gasteiger partial charge in [-0.05, 0) is 56.7 Å². The summed E-state index contributed by atoms with van der Waals surface area (Å²) in [6.07, 6.45) is -2.12. The number of benzene rings is 3. The van der Waals surface area contributed by atoms with E-state index >= 15 is 0 Å². The summed E-state index contributed by atoms with van der Waals surface area (Å²) in [5.74, 6) is 5.18. The number of carbonyl (C=O) groups is 2. The molecule has 0 aliphatic carbocycles. The van der Waals surface area contributed by atoms with Crippen molar-refractivity contribution in [2.45, 2.75) is 40.2 Å². The van der Waals surface area contributed by atoms with Gasteiger partial charge in [0.25, 0.3) is 18.1 Å². The van der Waals surface area contributed by atoms with Gasteiger partial charge in [-0.3, -0.25) is 19.7 Å². The third-order valence-corrected chi connectivity index (χ3v) is 6.90. The summed E-state index contributed by atoms with van der Waals surface area (Å²) in [6, 6.07) is 21.9. The van der Waals surface area contributed by atoms with E-state index in [0.717, 1.165) is 10.6 Å². The normalized spacial score (nSPS) is 14.1. The largest absolute Gasteiger partial charge is 0.485 e. The van der Waals surface area contributed by atoms with Crippen LogP contribution in [-0.4, -0.2) is 58.5 Å². The fourth-order valence-electron chi connectivity index (χ4n) is 4.58. The number of aliphatic imine (C=N–C) groups is 1. The Kier molecular flexibility index (Phi) is 11.5. The van der Waals surface area contributed by atoms with E-state index in [1.165, 1.54) is 30.3 Å². The first kappa shape index (κ1) is 33.9. The van der Waals surface area contributed by atoms with Gasteiger partial charge in [-0.1, -0.05) is 36.4 Å².